The van der Waals surface area contributed by atoms with Gasteiger partial charge >= 0.3 is 30.9 Å². The third kappa shape index (κ3) is 7.95. The van der Waals surface area contributed by atoms with E-state index in [9.17, 15) is 24.6 Å². The molecule has 1 aliphatic rings. The fourth-order valence-electron chi connectivity index (χ4n) is 2.32. The number of carbonyl (C=O) groups is 3. The molecule has 1 fully saturated rings. The molecule has 2 atom stereocenters. The number of aliphatic carboxylic acids is 2. The first-order chi connectivity index (χ1) is 11.6. The van der Waals surface area contributed by atoms with E-state index < -0.39 is 35.5 Å². The van der Waals surface area contributed by atoms with Crippen molar-refractivity contribution in [3.8, 4) is 0 Å². The molecule has 2 unspecified atom stereocenters. The van der Waals surface area contributed by atoms with Gasteiger partial charge in [0.1, 0.15) is 5.60 Å². The molecule has 0 spiro atoms. The number of carboxylic acids is 2. The molecule has 0 aromatic heterocycles. The molecule has 0 aliphatic carbocycles. The third-order valence-electron chi connectivity index (χ3n) is 3.52. The number of hydrogen-bond donors (Lipinski definition) is 2. The van der Waals surface area contributed by atoms with Crippen LogP contribution in [-0.2, 0) is 23.8 Å². The van der Waals surface area contributed by atoms with Gasteiger partial charge in [-0.05, 0) is 52.9 Å². The summed E-state index contributed by atoms with van der Waals surface area (Å²) in [4.78, 5) is 34.5. The van der Waals surface area contributed by atoms with Crippen LogP contribution >= 0.6 is 0 Å². The van der Waals surface area contributed by atoms with Gasteiger partial charge in [0.15, 0.2) is 6.29 Å². The largest absolute Gasteiger partial charge is 1.00 e. The first-order valence-corrected chi connectivity index (χ1v) is 8.28. The van der Waals surface area contributed by atoms with Gasteiger partial charge in [-0.15, -0.1) is 0 Å². The van der Waals surface area contributed by atoms with Crippen molar-refractivity contribution >= 4 is 18.0 Å². The summed E-state index contributed by atoms with van der Waals surface area (Å²) in [5, 5.41) is 23.3. The van der Waals surface area contributed by atoms with Gasteiger partial charge in [-0.3, -0.25) is 0 Å². The van der Waals surface area contributed by atoms with Gasteiger partial charge in [0.05, 0.1) is 5.97 Å². The normalized spacial score (nSPS) is 19.6. The fourth-order valence-corrected chi connectivity index (χ4v) is 2.32. The van der Waals surface area contributed by atoms with Gasteiger partial charge in [0, 0.05) is 13.2 Å². The van der Waals surface area contributed by atoms with Crippen LogP contribution in [0.1, 0.15) is 52.9 Å². The molecule has 1 saturated heterocycles. The minimum atomic E-state index is -2.52. The van der Waals surface area contributed by atoms with Gasteiger partial charge in [0.25, 0.3) is 0 Å². The summed E-state index contributed by atoms with van der Waals surface area (Å²) < 4.78 is 15.6. The van der Waals surface area contributed by atoms with Gasteiger partial charge in [0.2, 0.25) is 5.60 Å². The number of carboxylic acid groups (broad SMARTS) is 2. The summed E-state index contributed by atoms with van der Waals surface area (Å²) in [6.45, 7) is 5.53. The molecule has 0 saturated carbocycles. The van der Waals surface area contributed by atoms with Crippen LogP contribution in [0.4, 0.5) is 4.79 Å². The summed E-state index contributed by atoms with van der Waals surface area (Å²) in [6.07, 6.45) is 0.0870. The molecule has 1 rings (SSSR count). The second-order valence-corrected chi connectivity index (χ2v) is 6.87. The van der Waals surface area contributed by atoms with Crippen molar-refractivity contribution in [2.45, 2.75) is 70.4 Å². The van der Waals surface area contributed by atoms with Crippen molar-refractivity contribution in [1.29, 1.82) is 0 Å². The van der Waals surface area contributed by atoms with Gasteiger partial charge in [-0.25, -0.2) is 9.59 Å². The van der Waals surface area contributed by atoms with Crippen LogP contribution in [0.5, 0.6) is 0 Å². The second kappa shape index (κ2) is 10.8. The summed E-state index contributed by atoms with van der Waals surface area (Å²) in [7, 11) is 0. The molecule has 0 bridgehead atoms. The average Bonchev–Trinajstić information content (AvgIpc) is 2.49. The predicted octanol–water partition coefficient (Wildman–Crippen LogP) is -2.59. The first-order valence-electron chi connectivity index (χ1n) is 8.28. The van der Waals surface area contributed by atoms with Gasteiger partial charge < -0.3 is 34.5 Å². The Balaban J connectivity index is 0.00000625. The summed E-state index contributed by atoms with van der Waals surface area (Å²) in [5.74, 6) is -3.50. The molecule has 9 nitrogen and oxygen atoms in total. The predicted molar refractivity (Wildman–Crippen MR) is 83.5 cm³/mol. The Morgan fingerprint density at radius 2 is 1.92 bits per heavy atom. The van der Waals surface area contributed by atoms with Gasteiger partial charge in [-0.1, -0.05) is 0 Å². The van der Waals surface area contributed by atoms with Crippen LogP contribution in [0.25, 0.3) is 0 Å². The van der Waals surface area contributed by atoms with Crippen LogP contribution in [-0.4, -0.2) is 53.8 Å². The van der Waals surface area contributed by atoms with E-state index in [1.54, 1.807) is 20.8 Å². The average molecular weight is 367 g/mol. The topological polar surface area (TPSA) is 134 Å². The molecule has 1 amide bonds. The van der Waals surface area contributed by atoms with Crippen molar-refractivity contribution in [1.82, 2.24) is 5.32 Å². The molecule has 10 heteroatoms. The summed E-state index contributed by atoms with van der Waals surface area (Å²) >= 11 is 0. The number of amides is 1. The van der Waals surface area contributed by atoms with E-state index in [1.165, 1.54) is 0 Å². The van der Waals surface area contributed by atoms with E-state index >= 15 is 0 Å². The monoisotopic (exact) mass is 367 g/mol. The maximum absolute atomic E-state index is 11.5. The summed E-state index contributed by atoms with van der Waals surface area (Å²) in [6, 6.07) is 0. The van der Waals surface area contributed by atoms with E-state index in [0.29, 0.717) is 13.0 Å². The zero-order valence-electron chi connectivity index (χ0n) is 15.8. The fraction of sp³-hybridized carbons (Fsp3) is 0.812. The van der Waals surface area contributed by atoms with E-state index in [-0.39, 0.29) is 38.2 Å². The molecular formula is C16H26LiNO8. The third-order valence-corrected chi connectivity index (χ3v) is 3.52. The minimum absolute atomic E-state index is 0. The quantitative estimate of drug-likeness (QED) is 0.271. The molecular weight excluding hydrogens is 341 g/mol. The maximum atomic E-state index is 11.5. The summed E-state index contributed by atoms with van der Waals surface area (Å²) in [5.41, 5.74) is -3.18. The Morgan fingerprint density at radius 3 is 2.38 bits per heavy atom. The van der Waals surface area contributed by atoms with Crippen LogP contribution < -0.4 is 29.3 Å². The van der Waals surface area contributed by atoms with E-state index in [4.69, 9.17) is 14.2 Å². The number of ether oxygens (including phenoxy) is 3. The van der Waals surface area contributed by atoms with Crippen molar-refractivity contribution in [2.24, 2.45) is 0 Å². The first kappa shape index (κ1) is 24.7. The molecule has 0 radical (unpaired) electrons. The van der Waals surface area contributed by atoms with Crippen LogP contribution in [0.2, 0.25) is 0 Å². The van der Waals surface area contributed by atoms with Crippen LogP contribution in [0, 0.1) is 0 Å². The number of alkyl carbamates (subject to hydrolysis) is 1. The number of rotatable bonds is 8. The molecule has 144 valence electrons. The molecule has 0 aromatic carbocycles. The zero-order valence-corrected chi connectivity index (χ0v) is 15.8. The Kier molecular flexibility index (Phi) is 10.2. The van der Waals surface area contributed by atoms with E-state index in [1.807, 2.05) is 0 Å². The zero-order chi connectivity index (χ0) is 19.1. The second-order valence-electron chi connectivity index (χ2n) is 6.87. The van der Waals surface area contributed by atoms with Crippen LogP contribution in [0.3, 0.4) is 0 Å². The molecule has 0 aromatic rings. The number of hydrogen-bond acceptors (Lipinski definition) is 7. The number of nitrogens with one attached hydrogen (secondary N) is 1. The SMILES string of the molecule is CC(C)(C)OC(=O)NCCCC(OC1CCCCO1)(C(=O)[O-])C(=O)O.[Li+]. The van der Waals surface area contributed by atoms with Crippen molar-refractivity contribution < 1.29 is 57.7 Å². The smallest absolute Gasteiger partial charge is 0.546 e. The van der Waals surface area contributed by atoms with Gasteiger partial charge in [-0.2, -0.15) is 0 Å². The molecule has 1 aliphatic heterocycles. The molecule has 2 N–H and O–H groups in total. The van der Waals surface area contributed by atoms with Crippen LogP contribution in [0.15, 0.2) is 0 Å². The number of carbonyl (C=O) groups excluding carboxylic acids is 2. The van der Waals surface area contributed by atoms with Crippen molar-refractivity contribution in [3.63, 3.8) is 0 Å². The van der Waals surface area contributed by atoms with E-state index in [0.717, 1.165) is 12.8 Å². The Morgan fingerprint density at radius 1 is 1.27 bits per heavy atom. The maximum Gasteiger partial charge on any atom is 1.00 e. The Hall–Kier alpha value is -1.27. The molecule has 1 heterocycles. The standard InChI is InChI=1S/C16H27NO8.Li/c1-15(2,3)25-14(22)17-9-6-8-16(12(18)19,13(20)21)24-11-7-4-5-10-23-11;/h11H,4-10H2,1-3H3,(H,17,22)(H,18,19)(H,20,21);/q;+1/p-1. The van der Waals surface area contributed by atoms with E-state index in [2.05, 4.69) is 5.32 Å². The minimum Gasteiger partial charge on any atom is -0.546 e. The molecule has 26 heavy (non-hydrogen) atoms. The Labute approximate surface area is 164 Å². The Bertz CT molecular complexity index is 471. The van der Waals surface area contributed by atoms with Crippen molar-refractivity contribution in [3.05, 3.63) is 0 Å². The van der Waals surface area contributed by atoms with Crippen molar-refractivity contribution in [2.75, 3.05) is 13.2 Å².